The van der Waals surface area contributed by atoms with Gasteiger partial charge >= 0.3 is 0 Å². The molecule has 0 saturated heterocycles. The zero-order chi connectivity index (χ0) is 13.9. The number of carbonyl (C=O) groups excluding carboxylic acids is 1. The SMILES string of the molecule is CN1C(=O)c2ccccc2[C@@]2(C)Cc3ccccc3[C@@H]12. The molecule has 2 aromatic rings. The summed E-state index contributed by atoms with van der Waals surface area (Å²) in [5.74, 6) is 0.139. The van der Waals surface area contributed by atoms with Crippen molar-refractivity contribution < 1.29 is 4.79 Å². The number of nitrogens with zero attached hydrogens (tertiary/aromatic N) is 1. The molecule has 100 valence electrons. The van der Waals surface area contributed by atoms with Crippen LogP contribution >= 0.6 is 0 Å². The Kier molecular flexibility index (Phi) is 2.18. The Morgan fingerprint density at radius 2 is 1.80 bits per heavy atom. The lowest BCUT2D eigenvalue weighted by atomic mass is 9.71. The highest BCUT2D eigenvalue weighted by Crippen LogP contribution is 2.53. The van der Waals surface area contributed by atoms with Gasteiger partial charge < -0.3 is 4.90 Å². The molecule has 0 radical (unpaired) electrons. The van der Waals surface area contributed by atoms with E-state index >= 15 is 0 Å². The number of benzene rings is 2. The third kappa shape index (κ3) is 1.26. The van der Waals surface area contributed by atoms with Crippen LogP contribution < -0.4 is 0 Å². The highest BCUT2D eigenvalue weighted by atomic mass is 16.2. The van der Waals surface area contributed by atoms with E-state index in [1.165, 1.54) is 16.7 Å². The van der Waals surface area contributed by atoms with Crippen LogP contribution in [-0.4, -0.2) is 17.9 Å². The van der Waals surface area contributed by atoms with Gasteiger partial charge in [-0.1, -0.05) is 49.4 Å². The number of carbonyl (C=O) groups is 1. The van der Waals surface area contributed by atoms with Gasteiger partial charge in [-0.15, -0.1) is 0 Å². The largest absolute Gasteiger partial charge is 0.334 e. The molecule has 1 amide bonds. The first-order valence-electron chi connectivity index (χ1n) is 7.07. The molecule has 1 heterocycles. The Balaban J connectivity index is 2.01. The maximum atomic E-state index is 12.6. The van der Waals surface area contributed by atoms with Crippen molar-refractivity contribution in [3.05, 3.63) is 70.8 Å². The third-order valence-corrected chi connectivity index (χ3v) is 4.99. The number of likely N-dealkylation sites (N-methyl/N-ethyl adjacent to an activating group) is 1. The van der Waals surface area contributed by atoms with Crippen molar-refractivity contribution in [1.29, 1.82) is 0 Å². The average molecular weight is 263 g/mol. The van der Waals surface area contributed by atoms with Gasteiger partial charge in [-0.2, -0.15) is 0 Å². The summed E-state index contributed by atoms with van der Waals surface area (Å²) in [7, 11) is 1.93. The molecule has 1 aliphatic carbocycles. The van der Waals surface area contributed by atoms with Crippen molar-refractivity contribution in [2.24, 2.45) is 0 Å². The molecule has 2 nitrogen and oxygen atoms in total. The number of hydrogen-bond donors (Lipinski definition) is 0. The van der Waals surface area contributed by atoms with E-state index in [0.717, 1.165) is 12.0 Å². The Morgan fingerprint density at radius 1 is 1.10 bits per heavy atom. The lowest BCUT2D eigenvalue weighted by Gasteiger charge is -2.44. The standard InChI is InChI=1S/C18H17NO/c1-18-11-12-7-3-4-8-13(12)16(18)19(2)17(20)14-9-5-6-10-15(14)18/h3-10,16H,11H2,1-2H3/t16-,18-/m1/s1. The van der Waals surface area contributed by atoms with Gasteiger partial charge in [-0.25, -0.2) is 0 Å². The van der Waals surface area contributed by atoms with Crippen LogP contribution in [0, 0.1) is 0 Å². The van der Waals surface area contributed by atoms with E-state index in [-0.39, 0.29) is 17.4 Å². The Hall–Kier alpha value is -2.09. The van der Waals surface area contributed by atoms with E-state index in [2.05, 4.69) is 37.3 Å². The highest BCUT2D eigenvalue weighted by Gasteiger charge is 2.51. The van der Waals surface area contributed by atoms with Gasteiger partial charge in [0.1, 0.15) is 0 Å². The Morgan fingerprint density at radius 3 is 2.65 bits per heavy atom. The first-order valence-corrected chi connectivity index (χ1v) is 7.07. The fourth-order valence-electron chi connectivity index (χ4n) is 4.15. The van der Waals surface area contributed by atoms with E-state index < -0.39 is 0 Å². The first kappa shape index (κ1) is 11.7. The molecule has 0 N–H and O–H groups in total. The number of fused-ring (bicyclic) bond motifs is 5. The van der Waals surface area contributed by atoms with Gasteiger partial charge in [0.25, 0.3) is 5.91 Å². The van der Waals surface area contributed by atoms with Crippen LogP contribution in [0.4, 0.5) is 0 Å². The second-order valence-corrected chi connectivity index (χ2v) is 6.16. The zero-order valence-corrected chi connectivity index (χ0v) is 11.8. The Bertz CT molecular complexity index is 721. The molecule has 2 aliphatic rings. The summed E-state index contributed by atoms with van der Waals surface area (Å²) in [6.45, 7) is 2.29. The van der Waals surface area contributed by atoms with Crippen molar-refractivity contribution in [1.82, 2.24) is 4.90 Å². The maximum absolute atomic E-state index is 12.6. The van der Waals surface area contributed by atoms with Gasteiger partial charge in [-0.3, -0.25) is 4.79 Å². The predicted molar refractivity (Wildman–Crippen MR) is 78.8 cm³/mol. The van der Waals surface area contributed by atoms with E-state index in [1.807, 2.05) is 30.1 Å². The monoisotopic (exact) mass is 263 g/mol. The number of rotatable bonds is 0. The van der Waals surface area contributed by atoms with Crippen molar-refractivity contribution in [2.45, 2.75) is 24.8 Å². The molecule has 0 aromatic heterocycles. The fraction of sp³-hybridized carbons (Fsp3) is 0.278. The van der Waals surface area contributed by atoms with Gasteiger partial charge in [0.05, 0.1) is 6.04 Å². The quantitative estimate of drug-likeness (QED) is 0.714. The summed E-state index contributed by atoms with van der Waals surface area (Å²) < 4.78 is 0. The molecular weight excluding hydrogens is 246 g/mol. The smallest absolute Gasteiger partial charge is 0.254 e. The molecular formula is C18H17NO. The summed E-state index contributed by atoms with van der Waals surface area (Å²) >= 11 is 0. The summed E-state index contributed by atoms with van der Waals surface area (Å²) in [5.41, 5.74) is 4.73. The van der Waals surface area contributed by atoms with Crippen LogP contribution in [0.5, 0.6) is 0 Å². The lowest BCUT2D eigenvalue weighted by Crippen LogP contribution is -2.46. The molecule has 4 rings (SSSR count). The molecule has 2 aromatic carbocycles. The van der Waals surface area contributed by atoms with Crippen LogP contribution in [0.3, 0.4) is 0 Å². The van der Waals surface area contributed by atoms with Crippen LogP contribution in [-0.2, 0) is 11.8 Å². The fourth-order valence-corrected chi connectivity index (χ4v) is 4.15. The van der Waals surface area contributed by atoms with Crippen LogP contribution in [0.1, 0.15) is 40.0 Å². The molecule has 0 unspecified atom stereocenters. The minimum Gasteiger partial charge on any atom is -0.334 e. The Labute approximate surface area is 119 Å². The lowest BCUT2D eigenvalue weighted by molar-refractivity contribution is 0.0615. The molecule has 0 fully saturated rings. The summed E-state index contributed by atoms with van der Waals surface area (Å²) in [6, 6.07) is 16.8. The van der Waals surface area contributed by atoms with Crippen LogP contribution in [0.25, 0.3) is 0 Å². The van der Waals surface area contributed by atoms with Gasteiger partial charge in [0.15, 0.2) is 0 Å². The van der Waals surface area contributed by atoms with Crippen molar-refractivity contribution in [3.8, 4) is 0 Å². The molecule has 20 heavy (non-hydrogen) atoms. The van der Waals surface area contributed by atoms with Gasteiger partial charge in [0.2, 0.25) is 0 Å². The van der Waals surface area contributed by atoms with E-state index in [4.69, 9.17) is 0 Å². The minimum atomic E-state index is -0.0110. The third-order valence-electron chi connectivity index (χ3n) is 4.99. The molecule has 2 heteroatoms. The van der Waals surface area contributed by atoms with Crippen molar-refractivity contribution in [3.63, 3.8) is 0 Å². The topological polar surface area (TPSA) is 20.3 Å². The van der Waals surface area contributed by atoms with Crippen LogP contribution in [0.15, 0.2) is 48.5 Å². The first-order chi connectivity index (χ1) is 9.63. The number of hydrogen-bond acceptors (Lipinski definition) is 1. The van der Waals surface area contributed by atoms with Crippen molar-refractivity contribution >= 4 is 5.91 Å². The molecule has 0 saturated carbocycles. The summed E-state index contributed by atoms with van der Waals surface area (Å²) in [4.78, 5) is 14.6. The van der Waals surface area contributed by atoms with Crippen molar-refractivity contribution in [2.75, 3.05) is 7.05 Å². The van der Waals surface area contributed by atoms with Gasteiger partial charge in [-0.05, 0) is 29.2 Å². The zero-order valence-electron chi connectivity index (χ0n) is 11.8. The number of amides is 1. The molecule has 1 aliphatic heterocycles. The average Bonchev–Trinajstić information content (AvgIpc) is 2.78. The molecule has 0 spiro atoms. The normalized spacial score (nSPS) is 27.0. The minimum absolute atomic E-state index is 0.0110. The van der Waals surface area contributed by atoms with E-state index in [9.17, 15) is 4.79 Å². The highest BCUT2D eigenvalue weighted by molar-refractivity contribution is 5.98. The molecule has 0 bridgehead atoms. The van der Waals surface area contributed by atoms with E-state index in [0.29, 0.717) is 0 Å². The second kappa shape index (κ2) is 3.72. The predicted octanol–water partition coefficient (Wildman–Crippen LogP) is 3.33. The van der Waals surface area contributed by atoms with Gasteiger partial charge in [0, 0.05) is 18.0 Å². The molecule has 2 atom stereocenters. The summed E-state index contributed by atoms with van der Waals surface area (Å²) in [6.07, 6.45) is 1.00. The van der Waals surface area contributed by atoms with Crippen LogP contribution in [0.2, 0.25) is 0 Å². The summed E-state index contributed by atoms with van der Waals surface area (Å²) in [5, 5.41) is 0. The van der Waals surface area contributed by atoms with E-state index in [1.54, 1.807) is 0 Å². The second-order valence-electron chi connectivity index (χ2n) is 6.16. The maximum Gasteiger partial charge on any atom is 0.254 e.